The van der Waals surface area contributed by atoms with Crippen molar-refractivity contribution in [1.29, 1.82) is 0 Å². The Balaban J connectivity index is -0.00000242. The first-order valence-electron chi connectivity index (χ1n) is 8.01. The molecule has 10 heteroatoms. The van der Waals surface area contributed by atoms with Crippen molar-refractivity contribution in [2.45, 2.75) is 79.0 Å². The quantitative estimate of drug-likeness (QED) is 0.537. The van der Waals surface area contributed by atoms with E-state index >= 15 is 0 Å². The zero-order chi connectivity index (χ0) is 18.2. The fraction of sp³-hybridized carbons (Fsp3) is 0.867. The molecule has 4 N–H and O–H groups in total. The molecule has 0 aromatic carbocycles. The highest BCUT2D eigenvalue weighted by Crippen LogP contribution is 2.16. The van der Waals surface area contributed by atoms with Gasteiger partial charge in [-0.1, -0.05) is 6.92 Å². The summed E-state index contributed by atoms with van der Waals surface area (Å²) >= 11 is 0. The van der Waals surface area contributed by atoms with Crippen LogP contribution in [0.4, 0.5) is 9.59 Å². The molecule has 25 heavy (non-hydrogen) atoms. The number of amides is 2. The van der Waals surface area contributed by atoms with E-state index in [0.29, 0.717) is 6.54 Å². The van der Waals surface area contributed by atoms with Crippen LogP contribution in [0.15, 0.2) is 0 Å². The van der Waals surface area contributed by atoms with Crippen LogP contribution in [0.25, 0.3) is 0 Å². The Morgan fingerprint density at radius 3 is 1.88 bits per heavy atom. The Kier molecular flexibility index (Phi) is 15.3. The number of nitrogens with two attached hydrogens (primary N) is 1. The number of nitrogens with one attached hydrogen (secondary N) is 2. The van der Waals surface area contributed by atoms with Crippen molar-refractivity contribution in [3.63, 3.8) is 0 Å². The largest absolute Gasteiger partial charge is 0.430 e. The Morgan fingerprint density at radius 1 is 1.04 bits per heavy atom. The number of carbonyl (C=O) groups is 2. The summed E-state index contributed by atoms with van der Waals surface area (Å²) in [7, 11) is 0. The van der Waals surface area contributed by atoms with Crippen LogP contribution in [0.2, 0.25) is 0 Å². The second-order valence-corrected chi connectivity index (χ2v) is 6.24. The minimum absolute atomic E-state index is 0. The van der Waals surface area contributed by atoms with Gasteiger partial charge in [-0.25, -0.2) is 14.5 Å². The van der Waals surface area contributed by atoms with E-state index < -0.39 is 24.3 Å². The maximum Gasteiger partial charge on any atom is 0.410 e. The predicted molar refractivity (Wildman–Crippen MR) is 103 cm³/mol. The second-order valence-electron chi connectivity index (χ2n) is 6.24. The molecule has 0 aromatic heterocycles. The maximum absolute atomic E-state index is 11.8. The van der Waals surface area contributed by atoms with Crippen LogP contribution in [0.3, 0.4) is 0 Å². The lowest BCUT2D eigenvalue weighted by Crippen LogP contribution is -2.62. The van der Waals surface area contributed by atoms with Gasteiger partial charge in [0, 0.05) is 25.6 Å². The maximum atomic E-state index is 11.8. The molecule has 0 aliphatic heterocycles. The molecule has 0 aromatic rings. The van der Waals surface area contributed by atoms with Crippen LogP contribution >= 0.6 is 24.8 Å². The monoisotopic (exact) mass is 404 g/mol. The van der Waals surface area contributed by atoms with Crippen molar-refractivity contribution >= 4 is 37.0 Å². The number of carbonyl (C=O) groups excluding carboxylic acids is 2. The number of hydrogen-bond donors (Lipinski definition) is 3. The molecule has 2 amide bonds. The zero-order valence-electron chi connectivity index (χ0n) is 16.1. The van der Waals surface area contributed by atoms with Crippen LogP contribution in [0.5, 0.6) is 0 Å². The molecule has 0 radical (unpaired) electrons. The predicted octanol–water partition coefficient (Wildman–Crippen LogP) is 2.79. The van der Waals surface area contributed by atoms with Crippen LogP contribution < -0.4 is 16.4 Å². The molecule has 2 unspecified atom stereocenters. The van der Waals surface area contributed by atoms with Crippen molar-refractivity contribution in [2.75, 3.05) is 6.54 Å². The number of halogens is 2. The minimum Gasteiger partial charge on any atom is -0.430 e. The Labute approximate surface area is 163 Å². The molecule has 0 bridgehead atoms. The minimum atomic E-state index is -1.41. The SMILES string of the molecule is CCCN(C(C)OC(=O)NC(C)C)C(C)(N)OC(=O)NC(C)C.Cl.Cl. The van der Waals surface area contributed by atoms with Crippen LogP contribution in [0, 0.1) is 0 Å². The molecule has 0 heterocycles. The smallest absolute Gasteiger partial charge is 0.410 e. The van der Waals surface area contributed by atoms with E-state index in [1.807, 2.05) is 34.6 Å². The van der Waals surface area contributed by atoms with E-state index in [2.05, 4.69) is 10.6 Å². The van der Waals surface area contributed by atoms with Crippen molar-refractivity contribution in [3.8, 4) is 0 Å². The molecule has 0 rings (SSSR count). The molecule has 0 aliphatic carbocycles. The molecular formula is C15H34Cl2N4O4. The summed E-state index contributed by atoms with van der Waals surface area (Å²) < 4.78 is 10.6. The molecule has 0 spiro atoms. The second kappa shape index (κ2) is 13.3. The summed E-state index contributed by atoms with van der Waals surface area (Å²) in [5.74, 6) is -1.41. The fourth-order valence-electron chi connectivity index (χ4n) is 2.01. The first-order valence-corrected chi connectivity index (χ1v) is 8.01. The van der Waals surface area contributed by atoms with E-state index in [0.717, 1.165) is 6.42 Å². The van der Waals surface area contributed by atoms with E-state index in [9.17, 15) is 9.59 Å². The lowest BCUT2D eigenvalue weighted by molar-refractivity contribution is -0.159. The van der Waals surface area contributed by atoms with Crippen LogP contribution in [-0.2, 0) is 9.47 Å². The zero-order valence-corrected chi connectivity index (χ0v) is 17.8. The normalized spacial score (nSPS) is 14.0. The van der Waals surface area contributed by atoms with E-state index in [-0.39, 0.29) is 36.9 Å². The number of nitrogens with zero attached hydrogens (tertiary/aromatic N) is 1. The molecule has 0 aliphatic rings. The molecule has 0 fully saturated rings. The van der Waals surface area contributed by atoms with E-state index in [1.54, 1.807) is 18.7 Å². The number of rotatable bonds is 8. The summed E-state index contributed by atoms with van der Waals surface area (Å²) in [6, 6.07) is -0.102. The van der Waals surface area contributed by atoms with Gasteiger partial charge in [0.2, 0.25) is 5.85 Å². The van der Waals surface area contributed by atoms with Crippen LogP contribution in [0.1, 0.15) is 54.9 Å². The van der Waals surface area contributed by atoms with Gasteiger partial charge in [-0.3, -0.25) is 5.73 Å². The molecule has 152 valence electrons. The fourth-order valence-corrected chi connectivity index (χ4v) is 2.01. The molecule has 0 saturated carbocycles. The van der Waals surface area contributed by atoms with Crippen molar-refractivity contribution in [1.82, 2.24) is 15.5 Å². The Morgan fingerprint density at radius 2 is 1.48 bits per heavy atom. The van der Waals surface area contributed by atoms with Gasteiger partial charge in [0.05, 0.1) is 0 Å². The highest BCUT2D eigenvalue weighted by molar-refractivity contribution is 5.85. The average Bonchev–Trinajstić information content (AvgIpc) is 2.32. The molecule has 8 nitrogen and oxygen atoms in total. The summed E-state index contributed by atoms with van der Waals surface area (Å²) in [5.41, 5.74) is 6.13. The Hall–Kier alpha value is -0.960. The topological polar surface area (TPSA) is 106 Å². The molecular weight excluding hydrogens is 371 g/mol. The summed E-state index contributed by atoms with van der Waals surface area (Å²) in [6.07, 6.45) is -1.07. The van der Waals surface area contributed by atoms with Crippen molar-refractivity contribution in [2.24, 2.45) is 5.73 Å². The van der Waals surface area contributed by atoms with Gasteiger partial charge in [0.15, 0.2) is 6.23 Å². The van der Waals surface area contributed by atoms with Crippen molar-refractivity contribution < 1.29 is 19.1 Å². The molecule has 2 atom stereocenters. The van der Waals surface area contributed by atoms with Gasteiger partial charge in [0.1, 0.15) is 0 Å². The van der Waals surface area contributed by atoms with Gasteiger partial charge in [-0.2, -0.15) is 0 Å². The lowest BCUT2D eigenvalue weighted by atomic mass is 10.3. The third-order valence-corrected chi connectivity index (χ3v) is 2.86. The lowest BCUT2D eigenvalue weighted by Gasteiger charge is -2.40. The van der Waals surface area contributed by atoms with E-state index in [1.165, 1.54) is 0 Å². The third-order valence-electron chi connectivity index (χ3n) is 2.86. The summed E-state index contributed by atoms with van der Waals surface area (Å²) in [6.45, 7) is 13.0. The highest BCUT2D eigenvalue weighted by Gasteiger charge is 2.36. The van der Waals surface area contributed by atoms with Gasteiger partial charge < -0.3 is 20.1 Å². The van der Waals surface area contributed by atoms with Gasteiger partial charge in [-0.15, -0.1) is 24.8 Å². The molecule has 0 saturated heterocycles. The first-order chi connectivity index (χ1) is 10.5. The Bertz CT molecular complexity index is 396. The van der Waals surface area contributed by atoms with Gasteiger partial charge in [0.25, 0.3) is 0 Å². The van der Waals surface area contributed by atoms with E-state index in [4.69, 9.17) is 15.2 Å². The standard InChI is InChI=1S/C15H32N4O4.2ClH/c1-8-9-19(12(6)22-13(20)17-10(2)3)15(7,16)23-14(21)18-11(4)5;;/h10-12H,8-9,16H2,1-7H3,(H,17,20)(H,18,21);2*1H. The average molecular weight is 405 g/mol. The van der Waals surface area contributed by atoms with Crippen LogP contribution in [-0.4, -0.2) is 47.8 Å². The number of hydrogen-bond acceptors (Lipinski definition) is 6. The first kappa shape index (κ1) is 28.8. The third kappa shape index (κ3) is 12.1. The van der Waals surface area contributed by atoms with Crippen molar-refractivity contribution in [3.05, 3.63) is 0 Å². The summed E-state index contributed by atoms with van der Waals surface area (Å²) in [4.78, 5) is 25.2. The van der Waals surface area contributed by atoms with Gasteiger partial charge >= 0.3 is 12.2 Å². The highest BCUT2D eigenvalue weighted by atomic mass is 35.5. The van der Waals surface area contributed by atoms with Gasteiger partial charge in [-0.05, 0) is 41.0 Å². The summed E-state index contributed by atoms with van der Waals surface area (Å²) in [5, 5.41) is 5.25. The number of alkyl carbamates (subject to hydrolysis) is 2. The number of ether oxygens (including phenoxy) is 2.